The van der Waals surface area contributed by atoms with E-state index >= 15 is 0 Å². The van der Waals surface area contributed by atoms with Gasteiger partial charge in [-0.3, -0.25) is 0 Å². The number of fused-ring (bicyclic) bond motifs is 1. The van der Waals surface area contributed by atoms with Crippen molar-refractivity contribution in [2.45, 2.75) is 0 Å². The van der Waals surface area contributed by atoms with Crippen molar-refractivity contribution in [3.63, 3.8) is 0 Å². The van der Waals surface area contributed by atoms with Crippen LogP contribution in [-0.4, -0.2) is 9.38 Å². The van der Waals surface area contributed by atoms with Gasteiger partial charge in [-0.2, -0.15) is 0 Å². The molecule has 0 N–H and O–H groups in total. The monoisotopic (exact) mass is 308 g/mol. The molecule has 0 radical (unpaired) electrons. The summed E-state index contributed by atoms with van der Waals surface area (Å²) >= 11 is 12.5. The second kappa shape index (κ2) is 3.01. The molecular weight excluding hydrogens is 307 g/mol. The molecule has 2 rings (SSSR count). The average molecular weight is 310 g/mol. The highest BCUT2D eigenvalue weighted by Crippen LogP contribution is 2.23. The molecular formula is C7H3Br2ClN2. The summed E-state index contributed by atoms with van der Waals surface area (Å²) in [4.78, 5) is 4.23. The maximum absolute atomic E-state index is 5.84. The van der Waals surface area contributed by atoms with Crippen LogP contribution < -0.4 is 0 Å². The molecule has 2 heterocycles. The van der Waals surface area contributed by atoms with Gasteiger partial charge in [-0.1, -0.05) is 11.6 Å². The maximum atomic E-state index is 5.84. The Morgan fingerprint density at radius 1 is 1.33 bits per heavy atom. The van der Waals surface area contributed by atoms with Crippen LogP contribution in [0.1, 0.15) is 0 Å². The Bertz CT molecular complexity index is 438. The number of nitrogens with zero attached hydrogens (tertiary/aromatic N) is 2. The second-order valence-corrected chi connectivity index (χ2v) is 4.40. The first-order valence-corrected chi connectivity index (χ1v) is 5.12. The lowest BCUT2D eigenvalue weighted by Crippen LogP contribution is -1.83. The van der Waals surface area contributed by atoms with Crippen LogP contribution in [0.2, 0.25) is 5.02 Å². The summed E-state index contributed by atoms with van der Waals surface area (Å²) in [5.41, 5.74) is 0.853. The normalized spacial score (nSPS) is 10.9. The van der Waals surface area contributed by atoms with Gasteiger partial charge in [-0.15, -0.1) is 0 Å². The average Bonchev–Trinajstić information content (AvgIpc) is 2.29. The number of rotatable bonds is 0. The van der Waals surface area contributed by atoms with E-state index in [1.807, 2.05) is 16.7 Å². The van der Waals surface area contributed by atoms with Crippen LogP contribution >= 0.6 is 43.5 Å². The predicted octanol–water partition coefficient (Wildman–Crippen LogP) is 3.51. The Hall–Kier alpha value is -0.0600. The summed E-state index contributed by atoms with van der Waals surface area (Å²) in [6.45, 7) is 0. The summed E-state index contributed by atoms with van der Waals surface area (Å²) < 4.78 is 3.54. The van der Waals surface area contributed by atoms with Crippen molar-refractivity contribution in [2.24, 2.45) is 0 Å². The van der Waals surface area contributed by atoms with Gasteiger partial charge in [0.15, 0.2) is 5.65 Å². The quantitative estimate of drug-likeness (QED) is 0.728. The fourth-order valence-electron chi connectivity index (χ4n) is 0.995. The van der Waals surface area contributed by atoms with Crippen molar-refractivity contribution in [3.8, 4) is 0 Å². The second-order valence-electron chi connectivity index (χ2n) is 2.30. The highest BCUT2D eigenvalue weighted by atomic mass is 79.9. The molecule has 0 bridgehead atoms. The zero-order chi connectivity index (χ0) is 8.72. The van der Waals surface area contributed by atoms with Crippen LogP contribution in [-0.2, 0) is 0 Å². The molecule has 0 atom stereocenters. The molecule has 0 saturated carbocycles. The van der Waals surface area contributed by atoms with E-state index in [1.54, 1.807) is 6.20 Å². The molecule has 0 aliphatic carbocycles. The first kappa shape index (κ1) is 8.53. The lowest BCUT2D eigenvalue weighted by atomic mass is 10.5. The van der Waals surface area contributed by atoms with Crippen LogP contribution in [0, 0.1) is 0 Å². The first-order valence-electron chi connectivity index (χ1n) is 3.16. The van der Waals surface area contributed by atoms with Gasteiger partial charge in [0, 0.05) is 12.4 Å². The molecule has 2 nitrogen and oxygen atoms in total. The van der Waals surface area contributed by atoms with E-state index in [-0.39, 0.29) is 0 Å². The Morgan fingerprint density at radius 2 is 2.08 bits per heavy atom. The minimum absolute atomic E-state index is 0.680. The number of pyridine rings is 1. The molecule has 0 aliphatic heterocycles. The molecule has 0 fully saturated rings. The van der Waals surface area contributed by atoms with Gasteiger partial charge < -0.3 is 4.40 Å². The largest absolute Gasteiger partial charge is 0.303 e. The van der Waals surface area contributed by atoms with Crippen molar-refractivity contribution < 1.29 is 0 Å². The molecule has 12 heavy (non-hydrogen) atoms. The summed E-state index contributed by atoms with van der Waals surface area (Å²) in [5, 5.41) is 0.680. The van der Waals surface area contributed by atoms with E-state index < -0.39 is 0 Å². The standard InChI is InChI=1S/C7H3Br2ClN2/c8-5-1-4(10)2-12-3-6(9)11-7(5)12/h1-3H. The summed E-state index contributed by atoms with van der Waals surface area (Å²) in [6, 6.07) is 1.82. The van der Waals surface area contributed by atoms with E-state index in [9.17, 15) is 0 Å². The zero-order valence-corrected chi connectivity index (χ0v) is 9.69. The maximum Gasteiger partial charge on any atom is 0.152 e. The van der Waals surface area contributed by atoms with Crippen LogP contribution in [0.25, 0.3) is 5.65 Å². The van der Waals surface area contributed by atoms with E-state index in [1.165, 1.54) is 0 Å². The fraction of sp³-hybridized carbons (Fsp3) is 0. The third-order valence-corrected chi connectivity index (χ3v) is 2.62. The van der Waals surface area contributed by atoms with Gasteiger partial charge in [0.2, 0.25) is 0 Å². The van der Waals surface area contributed by atoms with Crippen LogP contribution in [0.15, 0.2) is 27.5 Å². The first-order chi connectivity index (χ1) is 5.66. The Labute approximate surface area is 90.8 Å². The van der Waals surface area contributed by atoms with Gasteiger partial charge in [-0.25, -0.2) is 4.98 Å². The topological polar surface area (TPSA) is 17.3 Å². The SMILES string of the molecule is Clc1cc(Br)c2nc(Br)cn2c1. The zero-order valence-electron chi connectivity index (χ0n) is 5.76. The van der Waals surface area contributed by atoms with Gasteiger partial charge in [0.05, 0.1) is 9.50 Å². The van der Waals surface area contributed by atoms with Crippen LogP contribution in [0.4, 0.5) is 0 Å². The highest BCUT2D eigenvalue weighted by Gasteiger charge is 2.03. The van der Waals surface area contributed by atoms with Crippen LogP contribution in [0.5, 0.6) is 0 Å². The molecule has 2 aromatic heterocycles. The molecule has 0 amide bonds. The van der Waals surface area contributed by atoms with Crippen molar-refractivity contribution in [2.75, 3.05) is 0 Å². The summed E-state index contributed by atoms with van der Waals surface area (Å²) in [6.07, 6.45) is 3.66. The molecule has 2 aromatic rings. The number of hydrogen-bond acceptors (Lipinski definition) is 1. The third-order valence-electron chi connectivity index (χ3n) is 1.44. The van der Waals surface area contributed by atoms with Crippen molar-refractivity contribution in [3.05, 3.63) is 32.6 Å². The van der Waals surface area contributed by atoms with Crippen molar-refractivity contribution >= 4 is 49.1 Å². The molecule has 62 valence electrons. The molecule has 0 aliphatic rings. The van der Waals surface area contributed by atoms with Gasteiger partial charge in [0.1, 0.15) is 4.60 Å². The molecule has 0 unspecified atom stereocenters. The highest BCUT2D eigenvalue weighted by molar-refractivity contribution is 9.11. The van der Waals surface area contributed by atoms with E-state index in [2.05, 4.69) is 36.8 Å². The molecule has 0 aromatic carbocycles. The summed E-state index contributed by atoms with van der Waals surface area (Å²) in [7, 11) is 0. The third kappa shape index (κ3) is 1.39. The van der Waals surface area contributed by atoms with Gasteiger partial charge in [0.25, 0.3) is 0 Å². The lowest BCUT2D eigenvalue weighted by Gasteiger charge is -1.96. The predicted molar refractivity (Wildman–Crippen MR) is 55.6 cm³/mol. The number of halogens is 3. The fourth-order valence-corrected chi connectivity index (χ4v) is 2.27. The number of imidazole rings is 1. The smallest absolute Gasteiger partial charge is 0.152 e. The van der Waals surface area contributed by atoms with E-state index in [0.717, 1.165) is 14.7 Å². The van der Waals surface area contributed by atoms with Gasteiger partial charge in [-0.05, 0) is 37.9 Å². The van der Waals surface area contributed by atoms with Crippen molar-refractivity contribution in [1.82, 2.24) is 9.38 Å². The molecule has 0 saturated heterocycles. The molecule has 0 spiro atoms. The number of aromatic nitrogens is 2. The Kier molecular flexibility index (Phi) is 2.14. The van der Waals surface area contributed by atoms with Gasteiger partial charge >= 0.3 is 0 Å². The Balaban J connectivity index is 2.88. The Morgan fingerprint density at radius 3 is 2.83 bits per heavy atom. The minimum atomic E-state index is 0.680. The summed E-state index contributed by atoms with van der Waals surface area (Å²) in [5.74, 6) is 0. The van der Waals surface area contributed by atoms with Crippen LogP contribution in [0.3, 0.4) is 0 Å². The van der Waals surface area contributed by atoms with Crippen molar-refractivity contribution in [1.29, 1.82) is 0 Å². The number of hydrogen-bond donors (Lipinski definition) is 0. The lowest BCUT2D eigenvalue weighted by molar-refractivity contribution is 1.18. The minimum Gasteiger partial charge on any atom is -0.303 e. The van der Waals surface area contributed by atoms with E-state index in [0.29, 0.717) is 5.02 Å². The van der Waals surface area contributed by atoms with E-state index in [4.69, 9.17) is 11.6 Å². The molecule has 5 heteroatoms.